The van der Waals surface area contributed by atoms with E-state index in [1.54, 1.807) is 0 Å². The van der Waals surface area contributed by atoms with E-state index in [0.717, 1.165) is 23.1 Å². The Balaban J connectivity index is 1.20. The van der Waals surface area contributed by atoms with Gasteiger partial charge in [0.25, 0.3) is 0 Å². The van der Waals surface area contributed by atoms with Crippen LogP contribution in [0.3, 0.4) is 0 Å². The van der Waals surface area contributed by atoms with Crippen molar-refractivity contribution in [3.8, 4) is 11.1 Å². The van der Waals surface area contributed by atoms with Crippen LogP contribution in [-0.4, -0.2) is 9.38 Å². The molecule has 0 bridgehead atoms. The van der Waals surface area contributed by atoms with E-state index in [2.05, 4.69) is 144 Å². The molecule has 41 heavy (non-hydrogen) atoms. The Kier molecular flexibility index (Phi) is 4.76. The second kappa shape index (κ2) is 8.64. The molecule has 9 rings (SSSR count). The van der Waals surface area contributed by atoms with E-state index in [4.69, 9.17) is 4.98 Å². The molecule has 8 aromatic rings. The van der Waals surface area contributed by atoms with Gasteiger partial charge >= 0.3 is 0 Å². The van der Waals surface area contributed by atoms with Crippen LogP contribution >= 0.6 is 0 Å². The standard InChI is InChI=1S/C39H26N2/c1-2-10-27(11-3-1)38-32-14-5-4-12-28(32)29-20-18-25(23-33(29)38)22-26-19-21-30-31-13-6-8-16-36(31)41-37-17-9-7-15-35(37)40-39(41)34(30)24-26/h1-21,23-24,38H,22H2. The van der Waals surface area contributed by atoms with Crippen molar-refractivity contribution in [2.45, 2.75) is 12.3 Å². The van der Waals surface area contributed by atoms with Gasteiger partial charge in [0, 0.05) is 16.7 Å². The average Bonchev–Trinajstić information content (AvgIpc) is 3.58. The van der Waals surface area contributed by atoms with Gasteiger partial charge < -0.3 is 0 Å². The van der Waals surface area contributed by atoms with Crippen LogP contribution < -0.4 is 0 Å². The van der Waals surface area contributed by atoms with Gasteiger partial charge in [0.2, 0.25) is 0 Å². The number of pyridine rings is 1. The summed E-state index contributed by atoms with van der Waals surface area (Å²) in [6.07, 6.45) is 0.875. The fourth-order valence-electron chi connectivity index (χ4n) is 7.08. The molecule has 0 saturated heterocycles. The number of para-hydroxylation sites is 3. The smallest absolute Gasteiger partial charge is 0.146 e. The molecule has 1 unspecified atom stereocenters. The fourth-order valence-corrected chi connectivity index (χ4v) is 7.08. The molecule has 0 aliphatic heterocycles. The third-order valence-corrected chi connectivity index (χ3v) is 8.85. The summed E-state index contributed by atoms with van der Waals surface area (Å²) in [7, 11) is 0. The van der Waals surface area contributed by atoms with Crippen LogP contribution in [-0.2, 0) is 6.42 Å². The second-order valence-corrected chi connectivity index (χ2v) is 11.2. The summed E-state index contributed by atoms with van der Waals surface area (Å²) in [5.74, 6) is 0.266. The molecule has 192 valence electrons. The first-order chi connectivity index (χ1) is 20.3. The summed E-state index contributed by atoms with van der Waals surface area (Å²) >= 11 is 0. The monoisotopic (exact) mass is 522 g/mol. The maximum absolute atomic E-state index is 5.12. The lowest BCUT2D eigenvalue weighted by molar-refractivity contribution is 1.01. The van der Waals surface area contributed by atoms with Crippen molar-refractivity contribution in [2.24, 2.45) is 0 Å². The minimum Gasteiger partial charge on any atom is -0.292 e. The topological polar surface area (TPSA) is 17.3 Å². The molecule has 2 nitrogen and oxygen atoms in total. The summed E-state index contributed by atoms with van der Waals surface area (Å²) in [6.45, 7) is 0. The Morgan fingerprint density at radius 2 is 1.22 bits per heavy atom. The van der Waals surface area contributed by atoms with Crippen LogP contribution in [0.4, 0.5) is 0 Å². The highest BCUT2D eigenvalue weighted by Gasteiger charge is 2.29. The first-order valence-corrected chi connectivity index (χ1v) is 14.3. The predicted octanol–water partition coefficient (Wildman–Crippen LogP) is 9.55. The Labute approximate surface area is 238 Å². The summed E-state index contributed by atoms with van der Waals surface area (Å²) in [6, 6.07) is 51.0. The van der Waals surface area contributed by atoms with E-state index in [0.29, 0.717) is 0 Å². The third-order valence-electron chi connectivity index (χ3n) is 8.85. The van der Waals surface area contributed by atoms with Gasteiger partial charge in [-0.3, -0.25) is 4.40 Å². The van der Waals surface area contributed by atoms with Crippen molar-refractivity contribution in [1.82, 2.24) is 9.38 Å². The minimum atomic E-state index is 0.266. The van der Waals surface area contributed by atoms with Crippen molar-refractivity contribution in [3.05, 3.63) is 167 Å². The van der Waals surface area contributed by atoms with Gasteiger partial charge in [-0.15, -0.1) is 0 Å². The summed E-state index contributed by atoms with van der Waals surface area (Å²) < 4.78 is 2.33. The number of nitrogens with zero attached hydrogens (tertiary/aromatic N) is 2. The highest BCUT2D eigenvalue weighted by molar-refractivity contribution is 6.13. The largest absolute Gasteiger partial charge is 0.292 e. The van der Waals surface area contributed by atoms with Gasteiger partial charge in [0.05, 0.1) is 16.6 Å². The van der Waals surface area contributed by atoms with Gasteiger partial charge in [0.1, 0.15) is 5.65 Å². The zero-order valence-corrected chi connectivity index (χ0v) is 22.5. The third kappa shape index (κ3) is 3.34. The summed E-state index contributed by atoms with van der Waals surface area (Å²) in [5, 5.41) is 3.71. The molecule has 6 aromatic carbocycles. The van der Waals surface area contributed by atoms with Crippen molar-refractivity contribution >= 4 is 38.4 Å². The number of fused-ring (bicyclic) bond motifs is 11. The molecule has 2 heteroatoms. The predicted molar refractivity (Wildman–Crippen MR) is 170 cm³/mol. The van der Waals surface area contributed by atoms with E-state index in [1.807, 2.05) is 0 Å². The minimum absolute atomic E-state index is 0.266. The normalized spacial score (nSPS) is 14.2. The SMILES string of the molecule is c1ccc(C2c3ccccc3-c3ccc(Cc4ccc5c6ccccc6n6c7ccccc7nc6c5c4)cc32)cc1. The zero-order chi connectivity index (χ0) is 26.9. The molecule has 1 aliphatic carbocycles. The average molecular weight is 523 g/mol. The molecule has 0 N–H and O–H groups in total. The van der Waals surface area contributed by atoms with Gasteiger partial charge in [-0.2, -0.15) is 0 Å². The van der Waals surface area contributed by atoms with E-state index < -0.39 is 0 Å². The quantitative estimate of drug-likeness (QED) is 0.211. The van der Waals surface area contributed by atoms with Crippen LogP contribution in [0.25, 0.3) is 49.5 Å². The Morgan fingerprint density at radius 1 is 0.512 bits per heavy atom. The molecule has 0 spiro atoms. The van der Waals surface area contributed by atoms with E-state index >= 15 is 0 Å². The van der Waals surface area contributed by atoms with Crippen molar-refractivity contribution < 1.29 is 0 Å². The first kappa shape index (κ1) is 22.6. The zero-order valence-electron chi connectivity index (χ0n) is 22.5. The van der Waals surface area contributed by atoms with Crippen LogP contribution in [0.15, 0.2) is 140 Å². The van der Waals surface area contributed by atoms with Crippen molar-refractivity contribution in [1.29, 1.82) is 0 Å². The van der Waals surface area contributed by atoms with Gasteiger partial charge in [-0.1, -0.05) is 115 Å². The van der Waals surface area contributed by atoms with Gasteiger partial charge in [-0.05, 0) is 75.0 Å². The highest BCUT2D eigenvalue weighted by atomic mass is 15.0. The molecule has 2 heterocycles. The number of rotatable bonds is 3. The number of hydrogen-bond acceptors (Lipinski definition) is 1. The molecular weight excluding hydrogens is 496 g/mol. The van der Waals surface area contributed by atoms with Gasteiger partial charge in [-0.25, -0.2) is 4.98 Å². The lowest BCUT2D eigenvalue weighted by atomic mass is 9.88. The molecular formula is C39H26N2. The lowest BCUT2D eigenvalue weighted by Gasteiger charge is -2.15. The molecule has 1 aliphatic rings. The number of imidazole rings is 1. The molecule has 0 saturated carbocycles. The maximum atomic E-state index is 5.12. The lowest BCUT2D eigenvalue weighted by Crippen LogP contribution is -2.00. The Hall–Kier alpha value is -5.21. The van der Waals surface area contributed by atoms with Crippen LogP contribution in [0, 0.1) is 0 Å². The Bertz CT molecular complexity index is 2290. The molecule has 1 atom stereocenters. The first-order valence-electron chi connectivity index (χ1n) is 14.3. The maximum Gasteiger partial charge on any atom is 0.146 e. The van der Waals surface area contributed by atoms with Crippen LogP contribution in [0.2, 0.25) is 0 Å². The van der Waals surface area contributed by atoms with E-state index in [-0.39, 0.29) is 5.92 Å². The van der Waals surface area contributed by atoms with Gasteiger partial charge in [0.15, 0.2) is 0 Å². The number of aromatic nitrogens is 2. The Morgan fingerprint density at radius 3 is 2.15 bits per heavy atom. The molecule has 2 aromatic heterocycles. The second-order valence-electron chi connectivity index (χ2n) is 11.2. The number of hydrogen-bond donors (Lipinski definition) is 0. The van der Waals surface area contributed by atoms with Crippen molar-refractivity contribution in [3.63, 3.8) is 0 Å². The fraction of sp³-hybridized carbons (Fsp3) is 0.0513. The van der Waals surface area contributed by atoms with Crippen molar-refractivity contribution in [2.75, 3.05) is 0 Å². The summed E-state index contributed by atoms with van der Waals surface area (Å²) in [4.78, 5) is 5.12. The van der Waals surface area contributed by atoms with E-state index in [9.17, 15) is 0 Å². The molecule has 0 radical (unpaired) electrons. The molecule has 0 amide bonds. The van der Waals surface area contributed by atoms with Crippen LogP contribution in [0.1, 0.15) is 33.7 Å². The van der Waals surface area contributed by atoms with E-state index in [1.165, 1.54) is 60.6 Å². The number of benzene rings is 6. The highest BCUT2D eigenvalue weighted by Crippen LogP contribution is 2.48. The summed E-state index contributed by atoms with van der Waals surface area (Å²) in [5.41, 5.74) is 13.9. The molecule has 0 fully saturated rings. The van der Waals surface area contributed by atoms with Crippen LogP contribution in [0.5, 0.6) is 0 Å².